The van der Waals surface area contributed by atoms with E-state index >= 15 is 0 Å². The van der Waals surface area contributed by atoms with Gasteiger partial charge in [-0.3, -0.25) is 14.4 Å². The Morgan fingerprint density at radius 2 is 2.03 bits per heavy atom. The SMILES string of the molecule is C=CCN(Cc1ccccc1)C(=O)[C@@H]1N(CCCCO)C(=O)[C@H]2[C@H](C(=O)O)[C@@H]3CC[C@]12O3. The minimum absolute atomic E-state index is 0.0118. The fraction of sp³-hybridized carbons (Fsp3) is 0.542. The predicted octanol–water partition coefficient (Wildman–Crippen LogP) is 1.43. The van der Waals surface area contributed by atoms with Gasteiger partial charge in [0, 0.05) is 26.2 Å². The molecular formula is C24H30N2O6. The van der Waals surface area contributed by atoms with E-state index in [-0.39, 0.29) is 25.0 Å². The zero-order valence-corrected chi connectivity index (χ0v) is 18.1. The molecule has 0 radical (unpaired) electrons. The van der Waals surface area contributed by atoms with Crippen molar-refractivity contribution in [2.45, 2.75) is 50.0 Å². The molecule has 3 saturated heterocycles. The van der Waals surface area contributed by atoms with Gasteiger partial charge < -0.3 is 24.7 Å². The summed E-state index contributed by atoms with van der Waals surface area (Å²) in [6.45, 7) is 4.71. The van der Waals surface area contributed by atoms with Crippen LogP contribution in [0.2, 0.25) is 0 Å². The average molecular weight is 443 g/mol. The Morgan fingerprint density at radius 3 is 2.69 bits per heavy atom. The van der Waals surface area contributed by atoms with E-state index in [1.807, 2.05) is 30.3 Å². The summed E-state index contributed by atoms with van der Waals surface area (Å²) in [5.74, 6) is -3.42. The number of benzene rings is 1. The molecule has 3 heterocycles. The smallest absolute Gasteiger partial charge is 0.310 e. The lowest BCUT2D eigenvalue weighted by atomic mass is 9.70. The van der Waals surface area contributed by atoms with E-state index in [1.54, 1.807) is 11.0 Å². The van der Waals surface area contributed by atoms with Crippen LogP contribution >= 0.6 is 0 Å². The van der Waals surface area contributed by atoms with Gasteiger partial charge in [0.05, 0.1) is 17.9 Å². The first-order valence-corrected chi connectivity index (χ1v) is 11.2. The molecule has 8 nitrogen and oxygen atoms in total. The molecule has 0 saturated carbocycles. The van der Waals surface area contributed by atoms with Gasteiger partial charge in [-0.15, -0.1) is 6.58 Å². The third-order valence-corrected chi connectivity index (χ3v) is 7.00. The van der Waals surface area contributed by atoms with E-state index in [0.29, 0.717) is 38.8 Å². The van der Waals surface area contributed by atoms with Crippen LogP contribution < -0.4 is 0 Å². The van der Waals surface area contributed by atoms with Crippen molar-refractivity contribution >= 4 is 17.8 Å². The summed E-state index contributed by atoms with van der Waals surface area (Å²) < 4.78 is 6.21. The number of hydrogen-bond acceptors (Lipinski definition) is 5. The number of carbonyl (C=O) groups is 3. The molecule has 3 aliphatic heterocycles. The molecule has 5 atom stereocenters. The number of nitrogens with zero attached hydrogens (tertiary/aromatic N) is 2. The quantitative estimate of drug-likeness (QED) is 0.419. The zero-order valence-electron chi connectivity index (χ0n) is 18.1. The Balaban J connectivity index is 1.69. The van der Waals surface area contributed by atoms with E-state index in [4.69, 9.17) is 4.74 Å². The second-order valence-electron chi connectivity index (χ2n) is 8.85. The molecule has 2 bridgehead atoms. The Kier molecular flexibility index (Phi) is 6.35. The third-order valence-electron chi connectivity index (χ3n) is 7.00. The van der Waals surface area contributed by atoms with Gasteiger partial charge in [0.15, 0.2) is 0 Å². The first-order valence-electron chi connectivity index (χ1n) is 11.2. The minimum atomic E-state index is -1.11. The molecule has 0 aliphatic carbocycles. The lowest BCUT2D eigenvalue weighted by Crippen LogP contribution is -2.56. The number of aliphatic carboxylic acids is 1. The summed E-state index contributed by atoms with van der Waals surface area (Å²) in [7, 11) is 0. The second kappa shape index (κ2) is 9.03. The van der Waals surface area contributed by atoms with Crippen LogP contribution in [-0.4, -0.2) is 75.2 Å². The Labute approximate surface area is 187 Å². The van der Waals surface area contributed by atoms with Crippen LogP contribution in [0.5, 0.6) is 0 Å². The average Bonchev–Trinajstić information content (AvgIpc) is 3.42. The largest absolute Gasteiger partial charge is 0.481 e. The van der Waals surface area contributed by atoms with Crippen LogP contribution in [0.25, 0.3) is 0 Å². The number of ether oxygens (including phenoxy) is 1. The van der Waals surface area contributed by atoms with Crippen molar-refractivity contribution in [3.63, 3.8) is 0 Å². The number of hydrogen-bond donors (Lipinski definition) is 2. The Morgan fingerprint density at radius 1 is 1.28 bits per heavy atom. The van der Waals surface area contributed by atoms with E-state index < -0.39 is 35.6 Å². The maximum atomic E-state index is 13.9. The number of rotatable bonds is 10. The Bertz CT molecular complexity index is 890. The van der Waals surface area contributed by atoms with Gasteiger partial charge >= 0.3 is 5.97 Å². The van der Waals surface area contributed by atoms with Crippen molar-refractivity contribution in [3.8, 4) is 0 Å². The zero-order chi connectivity index (χ0) is 22.9. The lowest BCUT2D eigenvalue weighted by molar-refractivity contribution is -0.151. The highest BCUT2D eigenvalue weighted by Gasteiger charge is 2.74. The summed E-state index contributed by atoms with van der Waals surface area (Å²) in [5.41, 5.74) is -0.162. The molecule has 4 rings (SSSR count). The fourth-order valence-corrected chi connectivity index (χ4v) is 5.71. The third kappa shape index (κ3) is 3.61. The van der Waals surface area contributed by atoms with Gasteiger partial charge in [0.1, 0.15) is 11.6 Å². The monoisotopic (exact) mass is 442 g/mol. The normalized spacial score (nSPS) is 30.4. The molecule has 3 fully saturated rings. The summed E-state index contributed by atoms with van der Waals surface area (Å²) >= 11 is 0. The maximum Gasteiger partial charge on any atom is 0.310 e. The highest BCUT2D eigenvalue weighted by atomic mass is 16.5. The molecule has 0 unspecified atom stereocenters. The molecule has 1 spiro atoms. The van der Waals surface area contributed by atoms with Crippen molar-refractivity contribution in [1.29, 1.82) is 0 Å². The summed E-state index contributed by atoms with van der Waals surface area (Å²) in [6, 6.07) is 8.70. The van der Waals surface area contributed by atoms with Crippen molar-refractivity contribution in [1.82, 2.24) is 9.80 Å². The second-order valence-corrected chi connectivity index (χ2v) is 8.85. The molecule has 172 valence electrons. The van der Waals surface area contributed by atoms with Crippen LogP contribution in [0.15, 0.2) is 43.0 Å². The molecule has 3 aliphatic rings. The van der Waals surface area contributed by atoms with E-state index in [0.717, 1.165) is 5.56 Å². The number of amides is 2. The van der Waals surface area contributed by atoms with Gasteiger partial charge in [0.2, 0.25) is 11.8 Å². The van der Waals surface area contributed by atoms with Crippen molar-refractivity contribution < 1.29 is 29.3 Å². The lowest BCUT2D eigenvalue weighted by Gasteiger charge is -2.36. The molecule has 0 aromatic heterocycles. The van der Waals surface area contributed by atoms with E-state index in [9.17, 15) is 24.6 Å². The van der Waals surface area contributed by atoms with E-state index in [1.165, 1.54) is 4.90 Å². The van der Waals surface area contributed by atoms with Gasteiger partial charge in [-0.2, -0.15) is 0 Å². The standard InChI is InChI=1S/C24H30N2O6/c1-2-12-25(15-16-8-4-3-5-9-16)22(29)20-24-11-10-17(32-24)18(23(30)31)19(24)21(28)26(20)13-6-7-14-27/h2-5,8-9,17-20,27H,1,6-7,10-15H2,(H,30,31)/t17-,18+,19+,20-,24+/m0/s1. The molecule has 1 aromatic carbocycles. The Hall–Kier alpha value is -2.71. The highest BCUT2D eigenvalue weighted by molar-refractivity contribution is 5.98. The molecular weight excluding hydrogens is 412 g/mol. The van der Waals surface area contributed by atoms with Crippen LogP contribution in [-0.2, 0) is 25.7 Å². The number of likely N-dealkylation sites (tertiary alicyclic amines) is 1. The maximum absolute atomic E-state index is 13.9. The minimum Gasteiger partial charge on any atom is -0.481 e. The van der Waals surface area contributed by atoms with Crippen LogP contribution in [0.3, 0.4) is 0 Å². The van der Waals surface area contributed by atoms with Crippen LogP contribution in [0, 0.1) is 11.8 Å². The predicted molar refractivity (Wildman–Crippen MR) is 115 cm³/mol. The van der Waals surface area contributed by atoms with Crippen LogP contribution in [0.1, 0.15) is 31.2 Å². The van der Waals surface area contributed by atoms with Gasteiger partial charge in [-0.05, 0) is 31.2 Å². The number of carboxylic acids is 1. The first-order chi connectivity index (χ1) is 15.4. The number of carbonyl (C=O) groups excluding carboxylic acids is 2. The van der Waals surface area contributed by atoms with E-state index in [2.05, 4.69) is 6.58 Å². The van der Waals surface area contributed by atoms with Crippen LogP contribution in [0.4, 0.5) is 0 Å². The molecule has 32 heavy (non-hydrogen) atoms. The number of fused-ring (bicyclic) bond motifs is 1. The summed E-state index contributed by atoms with van der Waals surface area (Å²) in [5, 5.41) is 19.0. The number of aliphatic hydroxyl groups is 1. The molecule has 2 N–H and O–H groups in total. The molecule has 2 amide bonds. The van der Waals surface area contributed by atoms with Crippen molar-refractivity contribution in [2.75, 3.05) is 19.7 Å². The number of carboxylic acid groups (broad SMARTS) is 1. The van der Waals surface area contributed by atoms with Gasteiger partial charge in [0.25, 0.3) is 0 Å². The van der Waals surface area contributed by atoms with Gasteiger partial charge in [-0.1, -0.05) is 36.4 Å². The first kappa shape index (κ1) is 22.5. The highest BCUT2D eigenvalue weighted by Crippen LogP contribution is 2.58. The van der Waals surface area contributed by atoms with Crippen molar-refractivity contribution in [2.24, 2.45) is 11.8 Å². The number of aliphatic hydroxyl groups excluding tert-OH is 1. The molecule has 1 aromatic rings. The number of unbranched alkanes of at least 4 members (excludes halogenated alkanes) is 1. The fourth-order valence-electron chi connectivity index (χ4n) is 5.71. The summed E-state index contributed by atoms with van der Waals surface area (Å²) in [4.78, 5) is 42.6. The molecule has 8 heteroatoms. The van der Waals surface area contributed by atoms with Crippen molar-refractivity contribution in [3.05, 3.63) is 48.6 Å². The van der Waals surface area contributed by atoms with Gasteiger partial charge in [-0.25, -0.2) is 0 Å². The topological polar surface area (TPSA) is 107 Å². The summed E-state index contributed by atoms with van der Waals surface area (Å²) in [6.07, 6.45) is 3.13.